The van der Waals surface area contributed by atoms with Crippen molar-refractivity contribution in [2.24, 2.45) is 5.73 Å². The van der Waals surface area contributed by atoms with Crippen molar-refractivity contribution in [3.8, 4) is 0 Å². The highest BCUT2D eigenvalue weighted by Crippen LogP contribution is 2.25. The van der Waals surface area contributed by atoms with Crippen LogP contribution in [-0.2, 0) is 6.54 Å². The molecule has 3 heteroatoms. The molecule has 2 nitrogen and oxygen atoms in total. The van der Waals surface area contributed by atoms with Gasteiger partial charge < -0.3 is 11.1 Å². The average molecular weight is 234 g/mol. The van der Waals surface area contributed by atoms with E-state index in [9.17, 15) is 0 Å². The van der Waals surface area contributed by atoms with Crippen molar-refractivity contribution in [2.45, 2.75) is 25.9 Å². The molecule has 16 heavy (non-hydrogen) atoms. The molecule has 0 unspecified atom stereocenters. The first-order valence-corrected chi connectivity index (χ1v) is 6.39. The topological polar surface area (TPSA) is 38.0 Å². The Kier molecular flexibility index (Phi) is 3.28. The van der Waals surface area contributed by atoms with E-state index in [1.807, 2.05) is 13.8 Å². The number of fused-ring (bicyclic) bond motifs is 1. The molecule has 0 aliphatic carbocycles. The summed E-state index contributed by atoms with van der Waals surface area (Å²) in [5.74, 6) is 0. The maximum Gasteiger partial charge on any atom is 0.0346 e. The van der Waals surface area contributed by atoms with E-state index in [1.165, 1.54) is 15.6 Å². The summed E-state index contributed by atoms with van der Waals surface area (Å²) >= 11 is 1.80. The largest absolute Gasteiger partial charge is 0.324 e. The highest BCUT2D eigenvalue weighted by atomic mass is 32.1. The Hall–Kier alpha value is -0.900. The number of nitrogens with two attached hydrogens (primary N) is 1. The van der Waals surface area contributed by atoms with Crippen LogP contribution in [0.4, 0.5) is 0 Å². The van der Waals surface area contributed by atoms with Gasteiger partial charge in [0.15, 0.2) is 0 Å². The Balaban J connectivity index is 2.05. The maximum atomic E-state index is 5.93. The van der Waals surface area contributed by atoms with E-state index >= 15 is 0 Å². The molecule has 2 rings (SSSR count). The van der Waals surface area contributed by atoms with Gasteiger partial charge in [-0.2, -0.15) is 0 Å². The minimum atomic E-state index is -0.147. The standard InChI is InChI=1S/C13H18N2S/c1-13(2,14)9-15-7-10-8-16-12-6-4-3-5-11(10)12/h3-6,8,15H,7,9,14H2,1-2H3. The van der Waals surface area contributed by atoms with Crippen LogP contribution in [-0.4, -0.2) is 12.1 Å². The van der Waals surface area contributed by atoms with Crippen LogP contribution in [0.1, 0.15) is 19.4 Å². The summed E-state index contributed by atoms with van der Waals surface area (Å²) in [5, 5.41) is 6.98. The van der Waals surface area contributed by atoms with Crippen molar-refractivity contribution >= 4 is 21.4 Å². The first-order chi connectivity index (χ1) is 7.56. The van der Waals surface area contributed by atoms with E-state index in [0.29, 0.717) is 0 Å². The van der Waals surface area contributed by atoms with Crippen molar-refractivity contribution in [3.05, 3.63) is 35.2 Å². The molecule has 0 aliphatic rings. The Morgan fingerprint density at radius 1 is 1.31 bits per heavy atom. The normalized spacial score (nSPS) is 12.2. The van der Waals surface area contributed by atoms with Crippen LogP contribution in [0.5, 0.6) is 0 Å². The van der Waals surface area contributed by atoms with Gasteiger partial charge in [-0.3, -0.25) is 0 Å². The van der Waals surface area contributed by atoms with Crippen LogP contribution in [0.25, 0.3) is 10.1 Å². The summed E-state index contributed by atoms with van der Waals surface area (Å²) in [5.41, 5.74) is 7.15. The van der Waals surface area contributed by atoms with Crippen LogP contribution < -0.4 is 11.1 Å². The van der Waals surface area contributed by atoms with Crippen molar-refractivity contribution in [2.75, 3.05) is 6.54 Å². The van der Waals surface area contributed by atoms with Crippen molar-refractivity contribution in [1.29, 1.82) is 0 Å². The molecular weight excluding hydrogens is 216 g/mol. The molecule has 0 fully saturated rings. The predicted molar refractivity (Wildman–Crippen MR) is 71.8 cm³/mol. The third-order valence-corrected chi connectivity index (χ3v) is 3.47. The molecule has 3 N–H and O–H groups in total. The van der Waals surface area contributed by atoms with Crippen molar-refractivity contribution < 1.29 is 0 Å². The molecular formula is C13H18N2S. The lowest BCUT2D eigenvalue weighted by Gasteiger charge is -2.18. The van der Waals surface area contributed by atoms with Crippen LogP contribution >= 0.6 is 11.3 Å². The second-order valence-corrected chi connectivity index (χ2v) is 5.76. The SMILES string of the molecule is CC(C)(N)CNCc1csc2ccccc12. The molecule has 0 amide bonds. The molecule has 0 atom stereocenters. The summed E-state index contributed by atoms with van der Waals surface area (Å²) in [6.07, 6.45) is 0. The highest BCUT2D eigenvalue weighted by Gasteiger charge is 2.10. The van der Waals surface area contributed by atoms with E-state index < -0.39 is 0 Å². The number of benzene rings is 1. The summed E-state index contributed by atoms with van der Waals surface area (Å²) < 4.78 is 1.35. The van der Waals surface area contributed by atoms with E-state index in [4.69, 9.17) is 5.73 Å². The van der Waals surface area contributed by atoms with Gasteiger partial charge in [0.2, 0.25) is 0 Å². The molecule has 1 heterocycles. The Labute approximate surface area is 100 Å². The molecule has 1 aromatic heterocycles. The third-order valence-electron chi connectivity index (χ3n) is 2.46. The number of hydrogen-bond acceptors (Lipinski definition) is 3. The maximum absolute atomic E-state index is 5.93. The number of thiophene rings is 1. The monoisotopic (exact) mass is 234 g/mol. The molecule has 0 saturated heterocycles. The van der Waals surface area contributed by atoms with Crippen LogP contribution in [0.3, 0.4) is 0 Å². The van der Waals surface area contributed by atoms with Crippen LogP contribution in [0.2, 0.25) is 0 Å². The first kappa shape index (κ1) is 11.6. The molecule has 0 bridgehead atoms. The van der Waals surface area contributed by atoms with Crippen LogP contribution in [0.15, 0.2) is 29.6 Å². The molecule has 1 aromatic carbocycles. The van der Waals surface area contributed by atoms with E-state index in [-0.39, 0.29) is 5.54 Å². The summed E-state index contributed by atoms with van der Waals surface area (Å²) in [4.78, 5) is 0. The number of nitrogens with one attached hydrogen (secondary N) is 1. The zero-order valence-electron chi connectivity index (χ0n) is 9.79. The van der Waals surface area contributed by atoms with Gasteiger partial charge in [-0.1, -0.05) is 18.2 Å². The Bertz CT molecular complexity index is 468. The lowest BCUT2D eigenvalue weighted by atomic mass is 10.1. The first-order valence-electron chi connectivity index (χ1n) is 5.51. The average Bonchev–Trinajstić information content (AvgIpc) is 2.60. The van der Waals surface area contributed by atoms with Gasteiger partial charge in [-0.05, 0) is 36.2 Å². The fourth-order valence-corrected chi connectivity index (χ4v) is 2.65. The molecule has 0 radical (unpaired) electrons. The van der Waals surface area contributed by atoms with E-state index in [2.05, 4.69) is 35.0 Å². The minimum absolute atomic E-state index is 0.147. The summed E-state index contributed by atoms with van der Waals surface area (Å²) in [6.45, 7) is 5.79. The van der Waals surface area contributed by atoms with Gasteiger partial charge in [-0.25, -0.2) is 0 Å². The Morgan fingerprint density at radius 2 is 2.06 bits per heavy atom. The molecule has 0 spiro atoms. The minimum Gasteiger partial charge on any atom is -0.324 e. The van der Waals surface area contributed by atoms with Gasteiger partial charge in [0.05, 0.1) is 0 Å². The lowest BCUT2D eigenvalue weighted by molar-refractivity contribution is 0.467. The fraction of sp³-hybridized carbons (Fsp3) is 0.385. The van der Waals surface area contributed by atoms with Gasteiger partial charge in [0, 0.05) is 23.3 Å². The summed E-state index contributed by atoms with van der Waals surface area (Å²) in [6, 6.07) is 8.51. The third kappa shape index (κ3) is 2.82. The van der Waals surface area contributed by atoms with Crippen LogP contribution in [0, 0.1) is 0 Å². The fourth-order valence-electron chi connectivity index (χ4n) is 1.69. The zero-order chi connectivity index (χ0) is 11.6. The second kappa shape index (κ2) is 4.53. The smallest absolute Gasteiger partial charge is 0.0346 e. The lowest BCUT2D eigenvalue weighted by Crippen LogP contribution is -2.42. The number of hydrogen-bond donors (Lipinski definition) is 2. The quantitative estimate of drug-likeness (QED) is 0.853. The highest BCUT2D eigenvalue weighted by molar-refractivity contribution is 7.17. The molecule has 2 aromatic rings. The predicted octanol–water partition coefficient (Wildman–Crippen LogP) is 2.73. The summed E-state index contributed by atoms with van der Waals surface area (Å²) in [7, 11) is 0. The molecule has 86 valence electrons. The molecule has 0 saturated carbocycles. The van der Waals surface area contributed by atoms with Crippen molar-refractivity contribution in [1.82, 2.24) is 5.32 Å². The van der Waals surface area contributed by atoms with Gasteiger partial charge in [0.1, 0.15) is 0 Å². The van der Waals surface area contributed by atoms with Crippen molar-refractivity contribution in [3.63, 3.8) is 0 Å². The van der Waals surface area contributed by atoms with Gasteiger partial charge >= 0.3 is 0 Å². The Morgan fingerprint density at radius 3 is 2.81 bits per heavy atom. The van der Waals surface area contributed by atoms with Gasteiger partial charge in [0.25, 0.3) is 0 Å². The number of rotatable bonds is 4. The van der Waals surface area contributed by atoms with Gasteiger partial charge in [-0.15, -0.1) is 11.3 Å². The zero-order valence-corrected chi connectivity index (χ0v) is 10.6. The molecule has 0 aliphatic heterocycles. The van der Waals surface area contributed by atoms with E-state index in [1.54, 1.807) is 11.3 Å². The van der Waals surface area contributed by atoms with E-state index in [0.717, 1.165) is 13.1 Å². The second-order valence-electron chi connectivity index (χ2n) is 4.85.